The number of Topliss-reactive ketones (excluding diaryl/α,β-unsaturated/α-hetero) is 1. The van der Waals surface area contributed by atoms with Crippen molar-refractivity contribution in [1.29, 1.82) is 0 Å². The molecule has 0 bridgehead atoms. The molecule has 1 aromatic carbocycles. The van der Waals surface area contributed by atoms with Crippen molar-refractivity contribution < 1.29 is 18.7 Å². The predicted molar refractivity (Wildman–Crippen MR) is 75.7 cm³/mol. The van der Waals surface area contributed by atoms with Crippen LogP contribution in [0.3, 0.4) is 0 Å². The third-order valence-electron chi connectivity index (χ3n) is 3.11. The quantitative estimate of drug-likeness (QED) is 0.437. The fourth-order valence-corrected chi connectivity index (χ4v) is 1.92. The van der Waals surface area contributed by atoms with Crippen LogP contribution in [0.2, 0.25) is 0 Å². The van der Waals surface area contributed by atoms with Crippen LogP contribution in [0.1, 0.15) is 48.7 Å². The van der Waals surface area contributed by atoms with Crippen LogP contribution in [0.5, 0.6) is 0 Å². The first-order valence-electron chi connectivity index (χ1n) is 7.01. The number of esters is 1. The number of alkyl halides is 1. The van der Waals surface area contributed by atoms with E-state index < -0.39 is 17.9 Å². The van der Waals surface area contributed by atoms with Gasteiger partial charge in [0.15, 0.2) is 0 Å². The van der Waals surface area contributed by atoms with Crippen LogP contribution in [0, 0.1) is 0 Å². The van der Waals surface area contributed by atoms with Crippen molar-refractivity contribution >= 4 is 11.8 Å². The summed E-state index contributed by atoms with van der Waals surface area (Å²) < 4.78 is 18.6. The molecule has 0 aliphatic heterocycles. The van der Waals surface area contributed by atoms with Crippen LogP contribution in [0.4, 0.5) is 4.39 Å². The zero-order valence-electron chi connectivity index (χ0n) is 12.2. The van der Waals surface area contributed by atoms with E-state index in [-0.39, 0.29) is 12.2 Å². The number of hydrogen-bond donors (Lipinski definition) is 0. The number of aryl methyl sites for hydroxylation is 2. The van der Waals surface area contributed by atoms with Crippen molar-refractivity contribution in [3.05, 3.63) is 34.9 Å². The summed E-state index contributed by atoms with van der Waals surface area (Å²) in [6.07, 6.45) is -0.178. The van der Waals surface area contributed by atoms with Gasteiger partial charge in [0, 0.05) is 5.56 Å². The second-order valence-corrected chi connectivity index (χ2v) is 4.59. The Balaban J connectivity index is 2.93. The third-order valence-corrected chi connectivity index (χ3v) is 3.11. The van der Waals surface area contributed by atoms with Gasteiger partial charge in [-0.1, -0.05) is 39.0 Å². The summed E-state index contributed by atoms with van der Waals surface area (Å²) in [5, 5.41) is 0. The highest BCUT2D eigenvalue weighted by Gasteiger charge is 2.29. The van der Waals surface area contributed by atoms with Crippen molar-refractivity contribution in [1.82, 2.24) is 0 Å². The summed E-state index contributed by atoms with van der Waals surface area (Å²) >= 11 is 0. The highest BCUT2D eigenvalue weighted by Crippen LogP contribution is 2.17. The minimum atomic E-state index is -2.24. The molecule has 0 fully saturated rings. The summed E-state index contributed by atoms with van der Waals surface area (Å²) in [5.74, 6) is -1.91. The molecule has 0 spiro atoms. The molecule has 0 amide bonds. The zero-order valence-corrected chi connectivity index (χ0v) is 12.2. The fourth-order valence-electron chi connectivity index (χ4n) is 1.92. The van der Waals surface area contributed by atoms with Gasteiger partial charge < -0.3 is 4.74 Å². The van der Waals surface area contributed by atoms with E-state index >= 15 is 0 Å². The summed E-state index contributed by atoms with van der Waals surface area (Å²) in [4.78, 5) is 23.5. The van der Waals surface area contributed by atoms with Crippen molar-refractivity contribution in [3.63, 3.8) is 0 Å². The van der Waals surface area contributed by atoms with Gasteiger partial charge in [0.2, 0.25) is 5.78 Å². The molecule has 1 unspecified atom stereocenters. The molecule has 0 saturated carbocycles. The third kappa shape index (κ3) is 3.89. The van der Waals surface area contributed by atoms with E-state index in [1.807, 2.05) is 19.9 Å². The van der Waals surface area contributed by atoms with E-state index in [9.17, 15) is 14.0 Å². The monoisotopic (exact) mass is 280 g/mol. The molecule has 0 heterocycles. The second kappa shape index (κ2) is 7.78. The molecule has 110 valence electrons. The summed E-state index contributed by atoms with van der Waals surface area (Å²) in [6.45, 7) is 5.84. The molecule has 0 saturated heterocycles. The Morgan fingerprint density at radius 1 is 1.20 bits per heavy atom. The van der Waals surface area contributed by atoms with Gasteiger partial charge in [-0.05, 0) is 30.4 Å². The average Bonchev–Trinajstić information content (AvgIpc) is 2.50. The maximum absolute atomic E-state index is 13.9. The highest BCUT2D eigenvalue weighted by atomic mass is 19.1. The Morgan fingerprint density at radius 3 is 2.45 bits per heavy atom. The molecule has 0 aliphatic carbocycles. The normalized spacial score (nSPS) is 12.0. The zero-order chi connectivity index (χ0) is 15.1. The van der Waals surface area contributed by atoms with Crippen LogP contribution >= 0.6 is 0 Å². The lowest BCUT2D eigenvalue weighted by Crippen LogP contribution is -2.28. The molecule has 0 N–H and O–H groups in total. The van der Waals surface area contributed by atoms with Gasteiger partial charge in [-0.2, -0.15) is 0 Å². The molecular formula is C16H21FO3. The molecule has 3 nitrogen and oxygen atoms in total. The van der Waals surface area contributed by atoms with Gasteiger partial charge in [0.05, 0.1) is 6.61 Å². The number of halogens is 1. The summed E-state index contributed by atoms with van der Waals surface area (Å²) in [5.41, 5.74) is 2.12. The van der Waals surface area contributed by atoms with Crippen LogP contribution in [-0.2, 0) is 22.4 Å². The Kier molecular flexibility index (Phi) is 6.36. The van der Waals surface area contributed by atoms with Gasteiger partial charge in [0.25, 0.3) is 6.17 Å². The summed E-state index contributed by atoms with van der Waals surface area (Å²) in [6, 6.07) is 5.27. The Labute approximate surface area is 119 Å². The molecule has 0 aromatic heterocycles. The molecule has 1 aromatic rings. The Hall–Kier alpha value is -1.71. The Bertz CT molecular complexity index is 483. The van der Waals surface area contributed by atoms with Crippen LogP contribution in [0.15, 0.2) is 18.2 Å². The van der Waals surface area contributed by atoms with Gasteiger partial charge in [-0.25, -0.2) is 9.18 Å². The molecule has 4 heteroatoms. The van der Waals surface area contributed by atoms with E-state index in [1.165, 1.54) is 0 Å². The molecule has 1 rings (SSSR count). The number of carbonyl (C=O) groups is 2. The van der Waals surface area contributed by atoms with Crippen LogP contribution in [0.25, 0.3) is 0 Å². The lowest BCUT2D eigenvalue weighted by atomic mass is 9.96. The first kappa shape index (κ1) is 16.3. The maximum Gasteiger partial charge on any atom is 0.349 e. The largest absolute Gasteiger partial charge is 0.463 e. The van der Waals surface area contributed by atoms with E-state index in [0.717, 1.165) is 17.5 Å². The fraction of sp³-hybridized carbons (Fsp3) is 0.500. The maximum atomic E-state index is 13.9. The SMILES string of the molecule is CCCOC(=O)C(F)C(=O)c1ccc(CC)cc1CC. The lowest BCUT2D eigenvalue weighted by molar-refractivity contribution is -0.147. The molecule has 20 heavy (non-hydrogen) atoms. The van der Waals surface area contributed by atoms with E-state index in [4.69, 9.17) is 0 Å². The number of ketones is 1. The van der Waals surface area contributed by atoms with Crippen LogP contribution in [-0.4, -0.2) is 24.5 Å². The van der Waals surface area contributed by atoms with Crippen molar-refractivity contribution in [2.45, 2.75) is 46.2 Å². The van der Waals surface area contributed by atoms with Crippen LogP contribution < -0.4 is 0 Å². The van der Waals surface area contributed by atoms with Crippen molar-refractivity contribution in [2.75, 3.05) is 6.61 Å². The summed E-state index contributed by atoms with van der Waals surface area (Å²) in [7, 11) is 0. The van der Waals surface area contributed by atoms with Crippen molar-refractivity contribution in [2.24, 2.45) is 0 Å². The van der Waals surface area contributed by atoms with Crippen molar-refractivity contribution in [3.8, 4) is 0 Å². The number of benzene rings is 1. The number of carbonyl (C=O) groups excluding carboxylic acids is 2. The smallest absolute Gasteiger partial charge is 0.349 e. The van der Waals surface area contributed by atoms with Gasteiger partial charge >= 0.3 is 5.97 Å². The number of ether oxygens (including phenoxy) is 1. The molecule has 1 atom stereocenters. The second-order valence-electron chi connectivity index (χ2n) is 4.59. The van der Waals surface area contributed by atoms with E-state index in [2.05, 4.69) is 4.74 Å². The lowest BCUT2D eigenvalue weighted by Gasteiger charge is -2.11. The average molecular weight is 280 g/mol. The minimum Gasteiger partial charge on any atom is -0.463 e. The molecular weight excluding hydrogens is 259 g/mol. The number of hydrogen-bond acceptors (Lipinski definition) is 3. The first-order valence-corrected chi connectivity index (χ1v) is 7.01. The predicted octanol–water partition coefficient (Wildman–Crippen LogP) is 3.29. The Morgan fingerprint density at radius 2 is 1.90 bits per heavy atom. The molecule has 0 aliphatic rings. The van der Waals surface area contributed by atoms with E-state index in [0.29, 0.717) is 12.8 Å². The van der Waals surface area contributed by atoms with Gasteiger partial charge in [-0.3, -0.25) is 4.79 Å². The molecule has 0 radical (unpaired) electrons. The topological polar surface area (TPSA) is 43.4 Å². The van der Waals surface area contributed by atoms with E-state index in [1.54, 1.807) is 19.1 Å². The standard InChI is InChI=1S/C16H21FO3/c1-4-9-20-16(19)14(17)15(18)13-8-7-11(5-2)10-12(13)6-3/h7-8,10,14H,4-6,9H2,1-3H3. The minimum absolute atomic E-state index is 0.127. The number of rotatable bonds is 7. The van der Waals surface area contributed by atoms with Gasteiger partial charge in [-0.15, -0.1) is 0 Å². The van der Waals surface area contributed by atoms with Gasteiger partial charge in [0.1, 0.15) is 0 Å². The highest BCUT2D eigenvalue weighted by molar-refractivity contribution is 6.11. The first-order chi connectivity index (χ1) is 9.54.